The van der Waals surface area contributed by atoms with Crippen molar-refractivity contribution < 1.29 is 9.53 Å². The van der Waals surface area contributed by atoms with E-state index in [0.29, 0.717) is 13.2 Å². The minimum Gasteiger partial charge on any atom is -0.378 e. The molecule has 0 saturated carbocycles. The van der Waals surface area contributed by atoms with Crippen LogP contribution in [-0.2, 0) is 9.53 Å². The first-order chi connectivity index (χ1) is 11.1. The van der Waals surface area contributed by atoms with E-state index in [4.69, 9.17) is 4.74 Å². The Hall–Kier alpha value is -2.13. The molecule has 118 valence electrons. The van der Waals surface area contributed by atoms with Gasteiger partial charge in [-0.1, -0.05) is 48.0 Å². The first-order valence-corrected chi connectivity index (χ1v) is 8.14. The highest BCUT2D eigenvalue weighted by molar-refractivity contribution is 5.95. The number of carbonyl (C=O) groups is 1. The van der Waals surface area contributed by atoms with Gasteiger partial charge >= 0.3 is 0 Å². The maximum absolute atomic E-state index is 13.4. The Morgan fingerprint density at radius 1 is 1.13 bits per heavy atom. The van der Waals surface area contributed by atoms with E-state index < -0.39 is 0 Å². The molecule has 1 unspecified atom stereocenters. The Kier molecular flexibility index (Phi) is 3.27. The zero-order valence-electron chi connectivity index (χ0n) is 13.5. The molecule has 1 saturated heterocycles. The summed E-state index contributed by atoms with van der Waals surface area (Å²) in [6.07, 6.45) is 0. The number of para-hydroxylation sites is 1. The number of anilines is 1. The van der Waals surface area contributed by atoms with E-state index in [1.165, 1.54) is 5.56 Å². The predicted molar refractivity (Wildman–Crippen MR) is 90.8 cm³/mol. The Balaban J connectivity index is 1.89. The molecule has 0 radical (unpaired) electrons. The third-order valence-electron chi connectivity index (χ3n) is 5.19. The van der Waals surface area contributed by atoms with Crippen LogP contribution < -0.4 is 5.32 Å². The first-order valence-electron chi connectivity index (χ1n) is 8.14. The van der Waals surface area contributed by atoms with E-state index in [-0.39, 0.29) is 23.2 Å². The average Bonchev–Trinajstić information content (AvgIpc) is 2.88. The number of ether oxygens (including phenoxy) is 1. The van der Waals surface area contributed by atoms with Crippen LogP contribution in [0.25, 0.3) is 0 Å². The summed E-state index contributed by atoms with van der Waals surface area (Å²) in [6.45, 7) is 5.23. The molecular weight excluding hydrogens is 286 g/mol. The van der Waals surface area contributed by atoms with E-state index in [0.717, 1.165) is 16.8 Å². The molecule has 2 heterocycles. The highest BCUT2D eigenvalue weighted by Gasteiger charge is 2.49. The zero-order valence-corrected chi connectivity index (χ0v) is 13.5. The lowest BCUT2D eigenvalue weighted by atomic mass is 9.78. The van der Waals surface area contributed by atoms with Crippen molar-refractivity contribution in [3.05, 3.63) is 65.2 Å². The molecule has 0 spiro atoms. The summed E-state index contributed by atoms with van der Waals surface area (Å²) >= 11 is 0. The molecule has 23 heavy (non-hydrogen) atoms. The van der Waals surface area contributed by atoms with Gasteiger partial charge in [0.05, 0.1) is 30.6 Å². The van der Waals surface area contributed by atoms with Crippen LogP contribution in [0.15, 0.2) is 48.5 Å². The normalized spacial score (nSPS) is 29.4. The minimum absolute atomic E-state index is 0.124. The summed E-state index contributed by atoms with van der Waals surface area (Å²) in [7, 11) is 0. The lowest BCUT2D eigenvalue weighted by molar-refractivity contribution is -0.124. The maximum atomic E-state index is 13.4. The van der Waals surface area contributed by atoms with Gasteiger partial charge in [-0.05, 0) is 31.0 Å². The highest BCUT2D eigenvalue weighted by Crippen LogP contribution is 2.43. The van der Waals surface area contributed by atoms with Crippen molar-refractivity contribution in [1.29, 1.82) is 0 Å². The molecule has 0 aromatic heterocycles. The molecule has 3 nitrogen and oxygen atoms in total. The van der Waals surface area contributed by atoms with E-state index in [2.05, 4.69) is 55.6 Å². The van der Waals surface area contributed by atoms with Gasteiger partial charge in [-0.2, -0.15) is 0 Å². The van der Waals surface area contributed by atoms with Gasteiger partial charge in [0.1, 0.15) is 0 Å². The Morgan fingerprint density at radius 3 is 2.65 bits per heavy atom. The van der Waals surface area contributed by atoms with Crippen molar-refractivity contribution in [2.24, 2.45) is 5.92 Å². The molecule has 4 rings (SSSR count). The number of hydrogen-bond acceptors (Lipinski definition) is 3. The monoisotopic (exact) mass is 307 g/mol. The van der Waals surface area contributed by atoms with Crippen molar-refractivity contribution in [1.82, 2.24) is 0 Å². The van der Waals surface area contributed by atoms with Crippen molar-refractivity contribution in [3.63, 3.8) is 0 Å². The van der Waals surface area contributed by atoms with Gasteiger partial charge in [-0.3, -0.25) is 4.79 Å². The number of aryl methyl sites for hydroxylation is 1. The van der Waals surface area contributed by atoms with E-state index >= 15 is 0 Å². The third-order valence-corrected chi connectivity index (χ3v) is 5.19. The van der Waals surface area contributed by atoms with Crippen molar-refractivity contribution in [2.75, 3.05) is 18.5 Å². The lowest BCUT2D eigenvalue weighted by Gasteiger charge is -2.29. The molecular formula is C20H21NO2. The second-order valence-electron chi connectivity index (χ2n) is 6.94. The summed E-state index contributed by atoms with van der Waals surface area (Å²) in [5.41, 5.74) is 4.05. The molecule has 2 aliphatic rings. The molecule has 0 aliphatic carbocycles. The summed E-state index contributed by atoms with van der Waals surface area (Å²) in [4.78, 5) is 13.4. The molecule has 1 N–H and O–H groups in total. The van der Waals surface area contributed by atoms with Crippen LogP contribution in [0.4, 0.5) is 5.69 Å². The van der Waals surface area contributed by atoms with Crippen molar-refractivity contribution in [3.8, 4) is 0 Å². The van der Waals surface area contributed by atoms with Crippen LogP contribution >= 0.6 is 0 Å². The Labute approximate surface area is 136 Å². The first kappa shape index (κ1) is 14.5. The van der Waals surface area contributed by atoms with Gasteiger partial charge in [0.25, 0.3) is 0 Å². The molecule has 3 atom stereocenters. The third kappa shape index (κ3) is 2.27. The molecule has 0 amide bonds. The number of hydrogen-bond donors (Lipinski definition) is 1. The van der Waals surface area contributed by atoms with Gasteiger partial charge in [-0.15, -0.1) is 0 Å². The van der Waals surface area contributed by atoms with Crippen molar-refractivity contribution in [2.45, 2.75) is 25.3 Å². The number of rotatable bonds is 1. The number of nitrogens with one attached hydrogen (secondary N) is 1. The van der Waals surface area contributed by atoms with Gasteiger partial charge in [0.2, 0.25) is 0 Å². The van der Waals surface area contributed by atoms with Crippen LogP contribution in [0.5, 0.6) is 0 Å². The standard InChI is InChI=1S/C20H21NO2/c1-13-7-9-14(10-8-13)18-15-5-3-4-6-17(15)21-20(2)12-23-11-16(20)19(18)22/h3-10,16,18,21H,11-12H2,1-2H3/t16-,18?,20-/m0/s1. The van der Waals surface area contributed by atoms with Gasteiger partial charge in [-0.25, -0.2) is 0 Å². The highest BCUT2D eigenvalue weighted by atomic mass is 16.5. The maximum Gasteiger partial charge on any atom is 0.152 e. The van der Waals surface area contributed by atoms with Crippen molar-refractivity contribution >= 4 is 11.5 Å². The number of carbonyl (C=O) groups excluding carboxylic acids is 1. The fourth-order valence-electron chi connectivity index (χ4n) is 3.82. The van der Waals surface area contributed by atoms with Crippen LogP contribution in [-0.4, -0.2) is 24.5 Å². The topological polar surface area (TPSA) is 38.3 Å². The Bertz CT molecular complexity index is 752. The van der Waals surface area contributed by atoms with Crippen LogP contribution in [0.2, 0.25) is 0 Å². The van der Waals surface area contributed by atoms with Gasteiger partial charge in [0, 0.05) is 5.69 Å². The fourth-order valence-corrected chi connectivity index (χ4v) is 3.82. The number of Topliss-reactive ketones (excluding diaryl/α,β-unsaturated/α-hetero) is 1. The van der Waals surface area contributed by atoms with E-state index in [9.17, 15) is 4.79 Å². The predicted octanol–water partition coefficient (Wildman–Crippen LogP) is 3.53. The van der Waals surface area contributed by atoms with Crippen LogP contribution in [0, 0.1) is 12.8 Å². The second kappa shape index (κ2) is 5.20. The second-order valence-corrected chi connectivity index (χ2v) is 6.94. The molecule has 2 aliphatic heterocycles. The largest absolute Gasteiger partial charge is 0.378 e. The minimum atomic E-state index is -0.327. The summed E-state index contributed by atoms with van der Waals surface area (Å²) < 4.78 is 5.66. The average molecular weight is 307 g/mol. The van der Waals surface area contributed by atoms with E-state index in [1.54, 1.807) is 0 Å². The smallest absolute Gasteiger partial charge is 0.152 e. The fraction of sp³-hybridized carbons (Fsp3) is 0.350. The summed E-state index contributed by atoms with van der Waals surface area (Å²) in [5, 5.41) is 3.59. The number of fused-ring (bicyclic) bond motifs is 2. The van der Waals surface area contributed by atoms with Gasteiger partial charge < -0.3 is 10.1 Å². The number of ketones is 1. The van der Waals surface area contributed by atoms with Crippen LogP contribution in [0.1, 0.15) is 29.5 Å². The Morgan fingerprint density at radius 2 is 1.87 bits per heavy atom. The van der Waals surface area contributed by atoms with Crippen LogP contribution in [0.3, 0.4) is 0 Å². The molecule has 0 bridgehead atoms. The molecule has 3 heteroatoms. The zero-order chi connectivity index (χ0) is 16.0. The summed E-state index contributed by atoms with van der Waals surface area (Å²) in [6, 6.07) is 16.5. The van der Waals surface area contributed by atoms with Gasteiger partial charge in [0.15, 0.2) is 5.78 Å². The lowest BCUT2D eigenvalue weighted by Crippen LogP contribution is -2.45. The number of benzene rings is 2. The van der Waals surface area contributed by atoms with E-state index in [1.807, 2.05) is 12.1 Å². The molecule has 2 aromatic carbocycles. The molecule has 2 aromatic rings. The quantitative estimate of drug-likeness (QED) is 0.876. The summed E-state index contributed by atoms with van der Waals surface area (Å²) in [5.74, 6) is -0.0969. The molecule has 1 fully saturated rings. The SMILES string of the molecule is Cc1ccc(C2C(=O)[C@@H]3COC[C@]3(C)Nc3ccccc32)cc1.